The molecule has 5 nitrogen and oxygen atoms in total. The average Bonchev–Trinajstić information content (AvgIpc) is 4.01. The fraction of sp³-hybridized carbons (Fsp3) is 0. The van der Waals surface area contributed by atoms with Crippen LogP contribution in [0.1, 0.15) is 0 Å². The Morgan fingerprint density at radius 3 is 1.03 bits per heavy atom. The summed E-state index contributed by atoms with van der Waals surface area (Å²) >= 11 is 0. The number of hydrogen-bond donors (Lipinski definition) is 0. The van der Waals surface area contributed by atoms with Gasteiger partial charge in [0.05, 0.1) is 33.4 Å². The fourth-order valence-electron chi connectivity index (χ4n) is 10.9. The van der Waals surface area contributed by atoms with Crippen molar-refractivity contribution in [3.05, 3.63) is 273 Å². The van der Waals surface area contributed by atoms with Gasteiger partial charge in [-0.15, -0.1) is 0 Å². The number of para-hydroxylation sites is 3. The van der Waals surface area contributed by atoms with Crippen molar-refractivity contribution in [3.63, 3.8) is 0 Å². The molecule has 0 bridgehead atoms. The van der Waals surface area contributed by atoms with Crippen molar-refractivity contribution in [2.24, 2.45) is 0 Å². The predicted molar refractivity (Wildman–Crippen MR) is 307 cm³/mol. The van der Waals surface area contributed by atoms with Gasteiger partial charge in [0.15, 0.2) is 17.5 Å². The first-order valence-corrected chi connectivity index (χ1v) is 25.1. The average molecular weight is 944 g/mol. The molecule has 0 saturated carbocycles. The molecule has 0 atom stereocenters. The first-order valence-electron chi connectivity index (χ1n) is 25.1. The van der Waals surface area contributed by atoms with Crippen LogP contribution in [0.5, 0.6) is 0 Å². The van der Waals surface area contributed by atoms with E-state index in [1.54, 1.807) is 0 Å². The third kappa shape index (κ3) is 7.37. The lowest BCUT2D eigenvalue weighted by molar-refractivity contribution is 1.07. The summed E-state index contributed by atoms with van der Waals surface area (Å²) in [5, 5.41) is 4.79. The Labute approximate surface area is 428 Å². The predicted octanol–water partition coefficient (Wildman–Crippen LogP) is 17.7. The second kappa shape index (κ2) is 18.0. The van der Waals surface area contributed by atoms with E-state index >= 15 is 0 Å². The van der Waals surface area contributed by atoms with E-state index in [-0.39, 0.29) is 0 Å². The van der Waals surface area contributed by atoms with Gasteiger partial charge in [-0.05, 0) is 75.8 Å². The molecule has 0 spiro atoms. The molecule has 0 aliphatic carbocycles. The van der Waals surface area contributed by atoms with Gasteiger partial charge in [-0.2, -0.15) is 0 Å². The summed E-state index contributed by atoms with van der Waals surface area (Å²) in [5.41, 5.74) is 18.3. The Kier molecular flexibility index (Phi) is 10.4. The number of nitrogens with zero attached hydrogens (tertiary/aromatic N) is 5. The third-order valence-electron chi connectivity index (χ3n) is 14.4. The molecule has 0 fully saturated rings. The van der Waals surface area contributed by atoms with Gasteiger partial charge in [0.25, 0.3) is 0 Å². The van der Waals surface area contributed by atoms with E-state index in [1.807, 2.05) is 36.4 Å². The molecular formula is C69H45N5. The van der Waals surface area contributed by atoms with Crippen molar-refractivity contribution in [1.82, 2.24) is 24.1 Å². The monoisotopic (exact) mass is 943 g/mol. The van der Waals surface area contributed by atoms with E-state index in [0.717, 1.165) is 77.9 Å². The van der Waals surface area contributed by atoms with Crippen LogP contribution in [-0.4, -0.2) is 24.1 Å². The maximum Gasteiger partial charge on any atom is 0.164 e. The summed E-state index contributed by atoms with van der Waals surface area (Å²) < 4.78 is 4.96. The van der Waals surface area contributed by atoms with Crippen molar-refractivity contribution in [1.29, 1.82) is 0 Å². The molecule has 346 valence electrons. The maximum absolute atomic E-state index is 5.33. The van der Waals surface area contributed by atoms with Crippen molar-refractivity contribution in [2.45, 2.75) is 0 Å². The Morgan fingerprint density at radius 1 is 0.230 bits per heavy atom. The van der Waals surface area contributed by atoms with Crippen LogP contribution >= 0.6 is 0 Å². The van der Waals surface area contributed by atoms with Gasteiger partial charge in [-0.1, -0.05) is 231 Å². The van der Waals surface area contributed by atoms with Crippen LogP contribution in [0.2, 0.25) is 0 Å². The number of aromatic nitrogens is 5. The van der Waals surface area contributed by atoms with Gasteiger partial charge < -0.3 is 9.13 Å². The molecule has 0 aliphatic rings. The molecule has 0 saturated heterocycles. The van der Waals surface area contributed by atoms with Crippen LogP contribution in [0, 0.1) is 0 Å². The van der Waals surface area contributed by atoms with Crippen LogP contribution in [0.4, 0.5) is 0 Å². The molecule has 3 heterocycles. The second-order valence-corrected chi connectivity index (χ2v) is 18.7. The summed E-state index contributed by atoms with van der Waals surface area (Å²) in [6.45, 7) is 0. The van der Waals surface area contributed by atoms with Crippen molar-refractivity contribution in [3.8, 4) is 90.0 Å². The Hall–Kier alpha value is -9.97. The van der Waals surface area contributed by atoms with E-state index in [2.05, 4.69) is 246 Å². The number of fused-ring (bicyclic) bond motifs is 6. The normalized spacial score (nSPS) is 11.5. The van der Waals surface area contributed by atoms with Gasteiger partial charge in [0.2, 0.25) is 0 Å². The van der Waals surface area contributed by atoms with Crippen molar-refractivity contribution in [2.75, 3.05) is 0 Å². The summed E-state index contributed by atoms with van der Waals surface area (Å²) in [6.07, 6.45) is 0. The lowest BCUT2D eigenvalue weighted by Crippen LogP contribution is -2.04. The van der Waals surface area contributed by atoms with Crippen LogP contribution in [-0.2, 0) is 0 Å². The van der Waals surface area contributed by atoms with E-state index in [0.29, 0.717) is 17.5 Å². The molecule has 0 N–H and O–H groups in total. The summed E-state index contributed by atoms with van der Waals surface area (Å²) in [6, 6.07) is 97.4. The van der Waals surface area contributed by atoms with Crippen LogP contribution in [0.3, 0.4) is 0 Å². The Bertz CT molecular complexity index is 4160. The lowest BCUT2D eigenvalue weighted by atomic mass is 9.91. The number of rotatable bonds is 9. The first kappa shape index (κ1) is 42.9. The molecule has 0 radical (unpaired) electrons. The van der Waals surface area contributed by atoms with E-state index in [4.69, 9.17) is 15.0 Å². The molecule has 3 aromatic heterocycles. The minimum atomic E-state index is 0.587. The Balaban J connectivity index is 1.10. The van der Waals surface area contributed by atoms with Crippen molar-refractivity contribution < 1.29 is 0 Å². The lowest BCUT2D eigenvalue weighted by Gasteiger charge is -2.21. The highest BCUT2D eigenvalue weighted by atomic mass is 15.0. The molecular weight excluding hydrogens is 899 g/mol. The molecule has 0 amide bonds. The van der Waals surface area contributed by atoms with E-state index in [1.165, 1.54) is 38.3 Å². The molecule has 0 aliphatic heterocycles. The van der Waals surface area contributed by atoms with Gasteiger partial charge in [0.1, 0.15) is 0 Å². The molecule has 0 unspecified atom stereocenters. The summed E-state index contributed by atoms with van der Waals surface area (Å²) in [7, 11) is 0. The molecule has 5 heteroatoms. The zero-order chi connectivity index (χ0) is 49.0. The smallest absolute Gasteiger partial charge is 0.164 e. The van der Waals surface area contributed by atoms with Crippen molar-refractivity contribution >= 4 is 43.6 Å². The first-order chi connectivity index (χ1) is 36.7. The number of hydrogen-bond acceptors (Lipinski definition) is 3. The minimum absolute atomic E-state index is 0.587. The summed E-state index contributed by atoms with van der Waals surface area (Å²) in [4.78, 5) is 15.8. The maximum atomic E-state index is 5.33. The van der Waals surface area contributed by atoms with E-state index in [9.17, 15) is 0 Å². The standard InChI is InChI=1S/C69H45N5/c1-5-20-46(21-6-1)48-36-40-50(41-37-48)58-44-54(69-71-67(52-24-9-3-10-25-52)70-68(72-69)53-26-11-4-12-27-53)45-59(51-42-38-49(39-43-51)47-22-7-2-8-23-47)66(58)74-62-33-18-15-30-57(62)65-63(34-19-35-64(65)74)73-60-31-16-13-28-55(60)56-29-14-17-32-61(56)73/h1-45H. The highest BCUT2D eigenvalue weighted by Gasteiger charge is 2.25. The molecule has 11 aromatic carbocycles. The van der Waals surface area contributed by atoms with Gasteiger partial charge >= 0.3 is 0 Å². The molecule has 14 aromatic rings. The zero-order valence-corrected chi connectivity index (χ0v) is 40.2. The summed E-state index contributed by atoms with van der Waals surface area (Å²) in [5.74, 6) is 1.81. The highest BCUT2D eigenvalue weighted by Crippen LogP contribution is 2.46. The second-order valence-electron chi connectivity index (χ2n) is 18.7. The quantitative estimate of drug-likeness (QED) is 0.145. The van der Waals surface area contributed by atoms with Gasteiger partial charge in [-0.25, -0.2) is 15.0 Å². The van der Waals surface area contributed by atoms with Crippen LogP contribution < -0.4 is 0 Å². The largest absolute Gasteiger partial charge is 0.309 e. The van der Waals surface area contributed by atoms with Crippen LogP contribution in [0.15, 0.2) is 273 Å². The third-order valence-corrected chi connectivity index (χ3v) is 14.4. The van der Waals surface area contributed by atoms with Crippen LogP contribution in [0.25, 0.3) is 134 Å². The zero-order valence-electron chi connectivity index (χ0n) is 40.2. The molecule has 14 rings (SSSR count). The van der Waals surface area contributed by atoms with Gasteiger partial charge in [-0.3, -0.25) is 0 Å². The topological polar surface area (TPSA) is 48.5 Å². The number of benzene rings is 11. The molecule has 74 heavy (non-hydrogen) atoms. The Morgan fingerprint density at radius 2 is 0.568 bits per heavy atom. The van der Waals surface area contributed by atoms with E-state index < -0.39 is 0 Å². The fourth-order valence-corrected chi connectivity index (χ4v) is 10.9. The minimum Gasteiger partial charge on any atom is -0.309 e. The SMILES string of the molecule is c1ccc(-c2ccc(-c3cc(-c4nc(-c5ccccc5)nc(-c5ccccc5)n4)cc(-c4ccc(-c5ccccc5)cc4)c3-n3c4ccccc4c4c(-n5c6ccccc6c6ccccc65)cccc43)cc2)cc1. The van der Waals surface area contributed by atoms with Gasteiger partial charge in [0, 0.05) is 49.4 Å². The highest BCUT2D eigenvalue weighted by molar-refractivity contribution is 6.17.